The van der Waals surface area contributed by atoms with Crippen LogP contribution in [-0.4, -0.2) is 26.4 Å². The van der Waals surface area contributed by atoms with Crippen molar-refractivity contribution in [3.8, 4) is 5.75 Å². The van der Waals surface area contributed by atoms with Crippen LogP contribution in [0.4, 0.5) is 21.7 Å². The summed E-state index contributed by atoms with van der Waals surface area (Å²) >= 11 is 0. The molecule has 3 rings (SSSR count). The first kappa shape index (κ1) is 15.9. The third-order valence-electron chi connectivity index (χ3n) is 3.41. The maximum Gasteiger partial charge on any atom is 0.234 e. The van der Waals surface area contributed by atoms with E-state index in [1.165, 1.54) is 6.07 Å². The summed E-state index contributed by atoms with van der Waals surface area (Å²) in [6.45, 7) is 4.10. The normalized spacial score (nSPS) is 10.7. The molecule has 0 spiro atoms. The van der Waals surface area contributed by atoms with Crippen molar-refractivity contribution in [1.82, 2.24) is 19.7 Å². The molecule has 0 fully saturated rings. The molecule has 0 unspecified atom stereocenters. The summed E-state index contributed by atoms with van der Waals surface area (Å²) in [5, 5.41) is 4.18. The van der Waals surface area contributed by atoms with E-state index in [9.17, 15) is 4.39 Å². The summed E-state index contributed by atoms with van der Waals surface area (Å²) < 4.78 is 21.2. The van der Waals surface area contributed by atoms with Gasteiger partial charge in [-0.15, -0.1) is 0 Å². The van der Waals surface area contributed by atoms with Crippen LogP contribution in [0, 0.1) is 12.7 Å². The zero-order valence-corrected chi connectivity index (χ0v) is 13.8. The van der Waals surface area contributed by atoms with Gasteiger partial charge in [0.2, 0.25) is 5.95 Å². The van der Waals surface area contributed by atoms with Gasteiger partial charge in [-0.25, -0.2) is 14.4 Å². The molecule has 2 aromatic heterocycles. The summed E-state index contributed by atoms with van der Waals surface area (Å²) in [6, 6.07) is 6.59. The van der Waals surface area contributed by atoms with Crippen molar-refractivity contribution in [1.29, 1.82) is 0 Å². The Morgan fingerprint density at radius 3 is 2.71 bits per heavy atom. The minimum atomic E-state index is -0.434. The highest BCUT2D eigenvalue weighted by atomic mass is 19.1. The van der Waals surface area contributed by atoms with Crippen molar-refractivity contribution in [2.75, 3.05) is 11.5 Å². The van der Waals surface area contributed by atoms with E-state index >= 15 is 0 Å². The van der Waals surface area contributed by atoms with Gasteiger partial charge in [0.05, 0.1) is 24.2 Å². The maximum absolute atomic E-state index is 14.3. The van der Waals surface area contributed by atoms with Gasteiger partial charge >= 0.3 is 0 Å². The van der Waals surface area contributed by atoms with Crippen LogP contribution in [-0.2, 0) is 7.05 Å². The Labute approximate surface area is 139 Å². The minimum Gasteiger partial charge on any atom is -0.491 e. The van der Waals surface area contributed by atoms with Gasteiger partial charge in [0.25, 0.3) is 0 Å². The number of benzene rings is 1. The molecule has 6 nitrogen and oxygen atoms in total. The highest BCUT2D eigenvalue weighted by Gasteiger charge is 2.18. The van der Waals surface area contributed by atoms with E-state index in [1.807, 2.05) is 33.2 Å². The second kappa shape index (κ2) is 6.66. The SMILES string of the molecule is CCOc1ccc(N(c2cnn(C)c2)c2nccc(C)n2)cc1F. The molecule has 0 N–H and O–H groups in total. The van der Waals surface area contributed by atoms with Crippen molar-refractivity contribution < 1.29 is 9.13 Å². The molecule has 0 aliphatic carbocycles. The lowest BCUT2D eigenvalue weighted by Gasteiger charge is -2.21. The molecule has 124 valence electrons. The molecular formula is C17H18FN5O. The lowest BCUT2D eigenvalue weighted by molar-refractivity contribution is 0.321. The number of hydrogen-bond donors (Lipinski definition) is 0. The highest BCUT2D eigenvalue weighted by molar-refractivity contribution is 5.72. The van der Waals surface area contributed by atoms with Crippen LogP contribution in [0.25, 0.3) is 0 Å². The van der Waals surface area contributed by atoms with Gasteiger partial charge in [-0.1, -0.05) is 0 Å². The van der Waals surface area contributed by atoms with Gasteiger partial charge in [0.15, 0.2) is 11.6 Å². The quantitative estimate of drug-likeness (QED) is 0.717. The highest BCUT2D eigenvalue weighted by Crippen LogP contribution is 2.34. The molecule has 0 aliphatic rings. The first-order valence-corrected chi connectivity index (χ1v) is 7.59. The summed E-state index contributed by atoms with van der Waals surface area (Å²) in [5.41, 5.74) is 2.15. The Bertz CT molecular complexity index is 849. The molecular weight excluding hydrogens is 309 g/mol. The van der Waals surface area contributed by atoms with Crippen molar-refractivity contribution >= 4 is 17.3 Å². The van der Waals surface area contributed by atoms with E-state index in [2.05, 4.69) is 15.1 Å². The molecule has 0 bridgehead atoms. The van der Waals surface area contributed by atoms with Gasteiger partial charge in [-0.2, -0.15) is 5.10 Å². The Morgan fingerprint density at radius 2 is 2.08 bits per heavy atom. The van der Waals surface area contributed by atoms with Crippen LogP contribution in [0.1, 0.15) is 12.6 Å². The van der Waals surface area contributed by atoms with Crippen molar-refractivity contribution in [3.05, 3.63) is 54.4 Å². The molecule has 2 heterocycles. The minimum absolute atomic E-state index is 0.220. The number of hydrogen-bond acceptors (Lipinski definition) is 5. The van der Waals surface area contributed by atoms with Gasteiger partial charge < -0.3 is 4.74 Å². The first-order valence-electron chi connectivity index (χ1n) is 7.59. The van der Waals surface area contributed by atoms with E-state index in [1.54, 1.807) is 34.1 Å². The van der Waals surface area contributed by atoms with Crippen molar-refractivity contribution in [3.63, 3.8) is 0 Å². The van der Waals surface area contributed by atoms with Crippen LogP contribution in [0.15, 0.2) is 42.9 Å². The number of anilines is 3. The summed E-state index contributed by atoms with van der Waals surface area (Å²) in [5.74, 6) is 0.236. The largest absolute Gasteiger partial charge is 0.491 e. The summed E-state index contributed by atoms with van der Waals surface area (Å²) in [6.07, 6.45) is 5.17. The molecule has 0 saturated heterocycles. The van der Waals surface area contributed by atoms with Gasteiger partial charge in [-0.05, 0) is 32.0 Å². The predicted octanol–water partition coefficient (Wildman–Crippen LogP) is 3.53. The Morgan fingerprint density at radius 1 is 1.25 bits per heavy atom. The van der Waals surface area contributed by atoms with Crippen LogP contribution in [0.3, 0.4) is 0 Å². The third kappa shape index (κ3) is 3.19. The van der Waals surface area contributed by atoms with Gasteiger partial charge in [0, 0.05) is 31.2 Å². The van der Waals surface area contributed by atoms with Crippen LogP contribution in [0.2, 0.25) is 0 Å². The molecule has 7 heteroatoms. The van der Waals surface area contributed by atoms with Crippen LogP contribution in [0.5, 0.6) is 5.75 Å². The number of nitrogens with zero attached hydrogens (tertiary/aromatic N) is 5. The molecule has 0 atom stereocenters. The number of rotatable bonds is 5. The number of ether oxygens (including phenoxy) is 1. The molecule has 24 heavy (non-hydrogen) atoms. The lowest BCUT2D eigenvalue weighted by Crippen LogP contribution is -2.13. The zero-order chi connectivity index (χ0) is 17.1. The number of halogens is 1. The fourth-order valence-electron chi connectivity index (χ4n) is 2.35. The molecule has 0 saturated carbocycles. The lowest BCUT2D eigenvalue weighted by atomic mass is 10.2. The zero-order valence-electron chi connectivity index (χ0n) is 13.8. The average Bonchev–Trinajstić information content (AvgIpc) is 2.96. The molecule has 3 aromatic rings. The summed E-state index contributed by atoms with van der Waals surface area (Å²) in [4.78, 5) is 10.5. The second-order valence-electron chi connectivity index (χ2n) is 5.25. The molecule has 1 aromatic carbocycles. The van der Waals surface area contributed by atoms with Gasteiger partial charge in [-0.3, -0.25) is 9.58 Å². The third-order valence-corrected chi connectivity index (χ3v) is 3.41. The van der Waals surface area contributed by atoms with Crippen molar-refractivity contribution in [2.24, 2.45) is 7.05 Å². The van der Waals surface area contributed by atoms with E-state index in [0.29, 0.717) is 18.2 Å². The fraction of sp³-hybridized carbons (Fsp3) is 0.235. The fourth-order valence-corrected chi connectivity index (χ4v) is 2.35. The smallest absolute Gasteiger partial charge is 0.234 e. The second-order valence-corrected chi connectivity index (χ2v) is 5.25. The monoisotopic (exact) mass is 327 g/mol. The molecule has 0 radical (unpaired) electrons. The Hall–Kier alpha value is -2.96. The van der Waals surface area contributed by atoms with E-state index in [4.69, 9.17) is 4.74 Å². The average molecular weight is 327 g/mol. The number of aryl methyl sites for hydroxylation is 2. The Kier molecular flexibility index (Phi) is 4.41. The van der Waals surface area contributed by atoms with E-state index in [-0.39, 0.29) is 5.75 Å². The van der Waals surface area contributed by atoms with E-state index in [0.717, 1.165) is 11.4 Å². The van der Waals surface area contributed by atoms with Crippen molar-refractivity contribution in [2.45, 2.75) is 13.8 Å². The van der Waals surface area contributed by atoms with Gasteiger partial charge in [0.1, 0.15) is 0 Å². The predicted molar refractivity (Wildman–Crippen MR) is 89.3 cm³/mol. The molecule has 0 amide bonds. The number of aromatic nitrogens is 4. The Balaban J connectivity index is 2.10. The first-order chi connectivity index (χ1) is 11.6. The van der Waals surface area contributed by atoms with Crippen LogP contribution >= 0.6 is 0 Å². The standard InChI is InChI=1S/C17H18FN5O/c1-4-24-16-6-5-13(9-15(16)18)23(14-10-20-22(3)11-14)17-19-8-7-12(2)21-17/h5-11H,4H2,1-3H3. The molecule has 0 aliphatic heterocycles. The topological polar surface area (TPSA) is 56.1 Å². The van der Waals surface area contributed by atoms with Crippen LogP contribution < -0.4 is 9.64 Å². The van der Waals surface area contributed by atoms with E-state index < -0.39 is 5.82 Å². The summed E-state index contributed by atoms with van der Waals surface area (Å²) in [7, 11) is 1.82. The maximum atomic E-state index is 14.3.